The van der Waals surface area contributed by atoms with Crippen LogP contribution in [-0.2, 0) is 9.59 Å². The fourth-order valence-corrected chi connectivity index (χ4v) is 3.54. The van der Waals surface area contributed by atoms with E-state index in [9.17, 15) is 9.59 Å². The number of nitrogens with zero attached hydrogens (tertiary/aromatic N) is 2. The van der Waals surface area contributed by atoms with Gasteiger partial charge < -0.3 is 11.1 Å². The van der Waals surface area contributed by atoms with Crippen LogP contribution in [0.5, 0.6) is 0 Å². The first-order chi connectivity index (χ1) is 12.0. The van der Waals surface area contributed by atoms with Crippen molar-refractivity contribution in [1.82, 2.24) is 5.32 Å². The van der Waals surface area contributed by atoms with Gasteiger partial charge in [0.25, 0.3) is 5.91 Å². The molecule has 0 unspecified atom stereocenters. The van der Waals surface area contributed by atoms with Crippen molar-refractivity contribution in [2.45, 2.75) is 44.7 Å². The first-order valence-corrected chi connectivity index (χ1v) is 9.00. The van der Waals surface area contributed by atoms with Crippen LogP contribution >= 0.6 is 12.2 Å². The molecule has 3 atom stereocenters. The second-order valence-electron chi connectivity index (χ2n) is 6.69. The van der Waals surface area contributed by atoms with Crippen molar-refractivity contribution in [3.8, 4) is 0 Å². The highest BCUT2D eigenvalue weighted by atomic mass is 32.1. The normalized spacial score (nSPS) is 27.7. The summed E-state index contributed by atoms with van der Waals surface area (Å²) in [6.07, 6.45) is 5.74. The number of carbonyl (C=O) groups is 2. The molecule has 1 heterocycles. The minimum absolute atomic E-state index is 0.0797. The molecule has 132 valence electrons. The third kappa shape index (κ3) is 3.77. The molecule has 1 aromatic carbocycles. The van der Waals surface area contributed by atoms with Crippen LogP contribution in [0.25, 0.3) is 0 Å². The zero-order valence-corrected chi connectivity index (χ0v) is 15.1. The van der Waals surface area contributed by atoms with Gasteiger partial charge in [-0.15, -0.1) is 0 Å². The minimum Gasteiger partial charge on any atom is -0.353 e. The predicted octanol–water partition coefficient (Wildman–Crippen LogP) is 0.983. The van der Waals surface area contributed by atoms with E-state index in [-0.39, 0.29) is 23.1 Å². The molecule has 0 bridgehead atoms. The zero-order chi connectivity index (χ0) is 18.0. The molecule has 2 amide bonds. The Hall–Kier alpha value is -2.12. The Bertz CT molecular complexity index is 716. The quantitative estimate of drug-likeness (QED) is 0.479. The number of aliphatic imine (C=N–C) groups is 1. The maximum Gasteiger partial charge on any atom is 0.251 e. The molecule has 0 aromatic heterocycles. The van der Waals surface area contributed by atoms with Gasteiger partial charge in [-0.05, 0) is 44.1 Å². The number of carbonyl (C=O) groups excluding carboxylic acids is 2. The summed E-state index contributed by atoms with van der Waals surface area (Å²) >= 11 is 5.20. The Morgan fingerprint density at radius 2 is 1.92 bits per heavy atom. The van der Waals surface area contributed by atoms with Gasteiger partial charge in [-0.2, -0.15) is 0 Å². The molecule has 0 spiro atoms. The van der Waals surface area contributed by atoms with Gasteiger partial charge in [-0.1, -0.05) is 24.1 Å². The van der Waals surface area contributed by atoms with E-state index >= 15 is 0 Å². The van der Waals surface area contributed by atoms with E-state index in [1.54, 1.807) is 0 Å². The number of hydrogen-bond acceptors (Lipinski definition) is 4. The number of hydrogen-bond donors (Lipinski definition) is 2. The summed E-state index contributed by atoms with van der Waals surface area (Å²) in [5.41, 5.74) is 5.86. The average Bonchev–Trinajstić information content (AvgIpc) is 2.57. The highest BCUT2D eigenvalue weighted by Crippen LogP contribution is 2.22. The second-order valence-corrected chi connectivity index (χ2v) is 7.08. The fourth-order valence-electron chi connectivity index (χ4n) is 3.24. The number of benzene rings is 1. The van der Waals surface area contributed by atoms with Crippen LogP contribution in [0.1, 0.15) is 31.2 Å². The van der Waals surface area contributed by atoms with Crippen LogP contribution < -0.4 is 16.0 Å². The van der Waals surface area contributed by atoms with Gasteiger partial charge in [0.2, 0.25) is 5.91 Å². The minimum atomic E-state index is -0.956. The lowest BCUT2D eigenvalue weighted by Crippen LogP contribution is -2.66. The number of amides is 2. The Kier molecular flexibility index (Phi) is 5.24. The summed E-state index contributed by atoms with van der Waals surface area (Å²) in [5.74, 6) is -1.74. The van der Waals surface area contributed by atoms with Gasteiger partial charge in [0, 0.05) is 12.6 Å². The van der Waals surface area contributed by atoms with Crippen LogP contribution in [0, 0.1) is 12.8 Å². The van der Waals surface area contributed by atoms with Crippen LogP contribution in [0.15, 0.2) is 29.3 Å². The van der Waals surface area contributed by atoms with Gasteiger partial charge in [-0.25, -0.2) is 0 Å². The summed E-state index contributed by atoms with van der Waals surface area (Å²) < 4.78 is 0. The SMILES string of the molecule is Cc1ccc(N2C(=O)[C@@H](C=N[C@@H]3CCCC[C@H]3[NH3+])C(=O)NC2=S)cc1. The molecule has 6 nitrogen and oxygen atoms in total. The Morgan fingerprint density at radius 3 is 2.60 bits per heavy atom. The van der Waals surface area contributed by atoms with E-state index < -0.39 is 11.8 Å². The Labute approximate surface area is 152 Å². The molecule has 1 aromatic rings. The van der Waals surface area contributed by atoms with Gasteiger partial charge >= 0.3 is 0 Å². The number of quaternary nitrogens is 1. The van der Waals surface area contributed by atoms with Crippen LogP contribution in [0.3, 0.4) is 0 Å². The maximum absolute atomic E-state index is 12.9. The highest BCUT2D eigenvalue weighted by Gasteiger charge is 2.38. The smallest absolute Gasteiger partial charge is 0.251 e. The van der Waals surface area contributed by atoms with Crippen molar-refractivity contribution in [2.75, 3.05) is 4.90 Å². The summed E-state index contributed by atoms with van der Waals surface area (Å²) in [4.78, 5) is 31.0. The first kappa shape index (κ1) is 17.7. The number of nitrogens with one attached hydrogen (secondary N) is 1. The molecule has 1 saturated carbocycles. The third-order valence-electron chi connectivity index (χ3n) is 4.79. The monoisotopic (exact) mass is 359 g/mol. The van der Waals surface area contributed by atoms with Crippen molar-refractivity contribution in [1.29, 1.82) is 0 Å². The third-order valence-corrected chi connectivity index (χ3v) is 5.07. The van der Waals surface area contributed by atoms with Crippen LogP contribution in [-0.4, -0.2) is 35.2 Å². The van der Waals surface area contributed by atoms with E-state index in [0.29, 0.717) is 5.69 Å². The Balaban J connectivity index is 1.81. The molecule has 4 N–H and O–H groups in total. The van der Waals surface area contributed by atoms with Crippen molar-refractivity contribution < 1.29 is 15.3 Å². The molecule has 25 heavy (non-hydrogen) atoms. The van der Waals surface area contributed by atoms with Gasteiger partial charge in [0.05, 0.1) is 5.69 Å². The lowest BCUT2D eigenvalue weighted by atomic mass is 9.91. The summed E-state index contributed by atoms with van der Waals surface area (Å²) in [7, 11) is 0. The molecule has 2 fully saturated rings. The first-order valence-electron chi connectivity index (χ1n) is 8.59. The van der Waals surface area contributed by atoms with E-state index in [0.717, 1.165) is 24.8 Å². The maximum atomic E-state index is 12.9. The molecule has 7 heteroatoms. The number of rotatable bonds is 3. The van der Waals surface area contributed by atoms with Gasteiger partial charge in [0.15, 0.2) is 11.0 Å². The number of anilines is 1. The topological polar surface area (TPSA) is 89.4 Å². The Morgan fingerprint density at radius 1 is 1.24 bits per heavy atom. The van der Waals surface area contributed by atoms with Crippen LogP contribution in [0.4, 0.5) is 5.69 Å². The van der Waals surface area contributed by atoms with E-state index in [1.807, 2.05) is 31.2 Å². The van der Waals surface area contributed by atoms with E-state index in [1.165, 1.54) is 17.5 Å². The largest absolute Gasteiger partial charge is 0.353 e. The average molecular weight is 359 g/mol. The molecule has 2 aliphatic rings. The molecular weight excluding hydrogens is 336 g/mol. The predicted molar refractivity (Wildman–Crippen MR) is 100 cm³/mol. The molecular formula is C18H23N4O2S+. The van der Waals surface area contributed by atoms with E-state index in [4.69, 9.17) is 12.2 Å². The number of thiocarbonyl (C=S) groups is 1. The zero-order valence-electron chi connectivity index (χ0n) is 14.3. The molecule has 1 aliphatic carbocycles. The van der Waals surface area contributed by atoms with Crippen molar-refractivity contribution >= 4 is 41.0 Å². The van der Waals surface area contributed by atoms with Gasteiger partial charge in [-0.3, -0.25) is 19.5 Å². The van der Waals surface area contributed by atoms with Crippen molar-refractivity contribution in [3.63, 3.8) is 0 Å². The standard InChI is InChI=1S/C18H22N4O2S/c1-11-6-8-12(9-7-11)22-17(24)13(16(23)21-18(22)25)10-20-15-5-3-2-4-14(15)19/h6-10,13-15H,2-5,19H2,1H3,(H,21,23,25)/p+1/t13-,14+,15+/m0/s1. The molecule has 3 rings (SSSR count). The molecule has 1 saturated heterocycles. The fraction of sp³-hybridized carbons (Fsp3) is 0.444. The second kappa shape index (κ2) is 7.41. The van der Waals surface area contributed by atoms with Gasteiger partial charge in [0.1, 0.15) is 12.1 Å². The van der Waals surface area contributed by atoms with Crippen LogP contribution in [0.2, 0.25) is 0 Å². The van der Waals surface area contributed by atoms with Crippen molar-refractivity contribution in [2.24, 2.45) is 10.9 Å². The molecule has 0 radical (unpaired) electrons. The highest BCUT2D eigenvalue weighted by molar-refractivity contribution is 7.80. The van der Waals surface area contributed by atoms with Crippen molar-refractivity contribution in [3.05, 3.63) is 29.8 Å². The summed E-state index contributed by atoms with van der Waals surface area (Å²) in [5, 5.41) is 2.72. The number of aryl methyl sites for hydroxylation is 1. The lowest BCUT2D eigenvalue weighted by Gasteiger charge is -2.31. The van der Waals surface area contributed by atoms with E-state index in [2.05, 4.69) is 16.0 Å². The molecule has 1 aliphatic heterocycles. The summed E-state index contributed by atoms with van der Waals surface area (Å²) in [6.45, 7) is 1.97. The lowest BCUT2D eigenvalue weighted by molar-refractivity contribution is -0.428. The summed E-state index contributed by atoms with van der Waals surface area (Å²) in [6, 6.07) is 7.76.